The van der Waals surface area contributed by atoms with Gasteiger partial charge in [-0.15, -0.1) is 0 Å². The molecule has 2 N–H and O–H groups in total. The van der Waals surface area contributed by atoms with E-state index >= 15 is 0 Å². The summed E-state index contributed by atoms with van der Waals surface area (Å²) in [5, 5.41) is 12.2. The van der Waals surface area contributed by atoms with Crippen LogP contribution in [-0.4, -0.2) is 58.1 Å². The molecule has 1 saturated heterocycles. The molecule has 19 heavy (non-hydrogen) atoms. The van der Waals surface area contributed by atoms with Crippen molar-refractivity contribution in [1.82, 2.24) is 10.2 Å². The third kappa shape index (κ3) is 4.69. The molecule has 0 bridgehead atoms. The second-order valence-electron chi connectivity index (χ2n) is 5.04. The summed E-state index contributed by atoms with van der Waals surface area (Å²) in [4.78, 5) is 25.2. The number of nitrogens with one attached hydrogen (secondary N) is 1. The molecule has 1 aliphatic rings. The molecule has 0 radical (unpaired) electrons. The van der Waals surface area contributed by atoms with Gasteiger partial charge in [-0.3, -0.25) is 14.5 Å². The van der Waals surface area contributed by atoms with E-state index in [9.17, 15) is 14.7 Å². The van der Waals surface area contributed by atoms with Crippen LogP contribution in [-0.2, 0) is 9.59 Å². The summed E-state index contributed by atoms with van der Waals surface area (Å²) in [6, 6.07) is -0.801. The van der Waals surface area contributed by atoms with Crippen molar-refractivity contribution >= 4 is 23.6 Å². The van der Waals surface area contributed by atoms with Gasteiger partial charge >= 0.3 is 5.97 Å². The minimum atomic E-state index is -0.839. The third-order valence-corrected chi connectivity index (χ3v) is 4.46. The van der Waals surface area contributed by atoms with Crippen LogP contribution in [0.5, 0.6) is 0 Å². The summed E-state index contributed by atoms with van der Waals surface area (Å²) in [7, 11) is 0. The smallest absolute Gasteiger partial charge is 0.321 e. The maximum atomic E-state index is 12.1. The quantitative estimate of drug-likeness (QED) is 0.768. The van der Waals surface area contributed by atoms with Crippen LogP contribution in [0.15, 0.2) is 0 Å². The number of carbonyl (C=O) groups excluding carboxylic acids is 1. The van der Waals surface area contributed by atoms with Crippen LogP contribution in [0.2, 0.25) is 0 Å². The zero-order valence-electron chi connectivity index (χ0n) is 11.9. The number of thioether (sulfide) groups is 1. The van der Waals surface area contributed by atoms with Gasteiger partial charge in [0.25, 0.3) is 0 Å². The Labute approximate surface area is 119 Å². The molecule has 0 aliphatic carbocycles. The molecule has 0 spiro atoms. The molecule has 1 rings (SSSR count). The van der Waals surface area contributed by atoms with Crippen molar-refractivity contribution in [2.45, 2.75) is 51.7 Å². The Balaban J connectivity index is 2.60. The van der Waals surface area contributed by atoms with Gasteiger partial charge in [-0.05, 0) is 20.3 Å². The summed E-state index contributed by atoms with van der Waals surface area (Å²) < 4.78 is 0. The highest BCUT2D eigenvalue weighted by atomic mass is 32.2. The lowest BCUT2D eigenvalue weighted by molar-refractivity contribution is -0.144. The number of carbonyl (C=O) groups is 2. The predicted molar refractivity (Wildman–Crippen MR) is 77.4 cm³/mol. The molecular weight excluding hydrogens is 264 g/mol. The average molecular weight is 288 g/mol. The Morgan fingerprint density at radius 2 is 2.16 bits per heavy atom. The van der Waals surface area contributed by atoms with Crippen molar-refractivity contribution in [3.05, 3.63) is 0 Å². The van der Waals surface area contributed by atoms with E-state index in [-0.39, 0.29) is 18.0 Å². The van der Waals surface area contributed by atoms with Crippen molar-refractivity contribution in [1.29, 1.82) is 0 Å². The van der Waals surface area contributed by atoms with Crippen LogP contribution >= 0.6 is 11.8 Å². The highest BCUT2D eigenvalue weighted by molar-refractivity contribution is 7.99. The van der Waals surface area contributed by atoms with Gasteiger partial charge in [0.15, 0.2) is 0 Å². The fourth-order valence-corrected chi connectivity index (χ4v) is 3.38. The van der Waals surface area contributed by atoms with Crippen LogP contribution < -0.4 is 5.32 Å². The molecule has 0 saturated carbocycles. The van der Waals surface area contributed by atoms with Crippen LogP contribution in [0.4, 0.5) is 0 Å². The first kappa shape index (κ1) is 16.3. The van der Waals surface area contributed by atoms with Gasteiger partial charge in [0.2, 0.25) is 5.91 Å². The van der Waals surface area contributed by atoms with Crippen molar-refractivity contribution in [2.75, 3.05) is 18.1 Å². The van der Waals surface area contributed by atoms with E-state index in [1.807, 2.05) is 6.92 Å². The molecule has 0 aromatic rings. The van der Waals surface area contributed by atoms with Crippen LogP contribution in [0.25, 0.3) is 0 Å². The van der Waals surface area contributed by atoms with Gasteiger partial charge in [-0.2, -0.15) is 11.8 Å². The lowest BCUT2D eigenvalue weighted by Gasteiger charge is -2.36. The molecular formula is C13H24N2O3S. The average Bonchev–Trinajstić information content (AvgIpc) is 2.37. The van der Waals surface area contributed by atoms with E-state index in [0.29, 0.717) is 12.3 Å². The first-order valence-electron chi connectivity index (χ1n) is 6.84. The third-order valence-electron chi connectivity index (χ3n) is 3.44. The standard InChI is InChI=1S/C13H24N2O3S/c1-4-5-9(2)14-12(16)10(3)15-6-7-19-8-11(15)13(17)18/h9-11H,4-8H2,1-3H3,(H,14,16)(H,17,18). The second-order valence-corrected chi connectivity index (χ2v) is 6.19. The van der Waals surface area contributed by atoms with E-state index in [1.54, 1.807) is 23.6 Å². The Morgan fingerprint density at radius 1 is 1.47 bits per heavy atom. The number of aliphatic carboxylic acids is 1. The summed E-state index contributed by atoms with van der Waals surface area (Å²) in [5.41, 5.74) is 0. The Kier molecular flexibility index (Phi) is 6.65. The van der Waals surface area contributed by atoms with E-state index in [0.717, 1.165) is 18.6 Å². The summed E-state index contributed by atoms with van der Waals surface area (Å²) in [6.45, 7) is 6.50. The topological polar surface area (TPSA) is 69.6 Å². The minimum Gasteiger partial charge on any atom is -0.480 e. The SMILES string of the molecule is CCCC(C)NC(=O)C(C)N1CCSCC1C(=O)O. The molecule has 5 nitrogen and oxygen atoms in total. The van der Waals surface area contributed by atoms with E-state index < -0.39 is 12.0 Å². The zero-order valence-corrected chi connectivity index (χ0v) is 12.7. The van der Waals surface area contributed by atoms with Gasteiger partial charge in [0.1, 0.15) is 6.04 Å². The normalized spacial score (nSPS) is 23.6. The summed E-state index contributed by atoms with van der Waals surface area (Å²) >= 11 is 1.63. The Bertz CT molecular complexity index is 325. The molecule has 1 aliphatic heterocycles. The van der Waals surface area contributed by atoms with E-state index in [2.05, 4.69) is 12.2 Å². The number of rotatable bonds is 6. The summed E-state index contributed by atoms with van der Waals surface area (Å²) in [5.74, 6) is 0.524. The number of hydrogen-bond acceptors (Lipinski definition) is 4. The number of carboxylic acids is 1. The van der Waals surface area contributed by atoms with Crippen molar-refractivity contribution < 1.29 is 14.7 Å². The van der Waals surface area contributed by atoms with Crippen LogP contribution in [0.3, 0.4) is 0 Å². The molecule has 1 amide bonds. The molecule has 3 unspecified atom stereocenters. The minimum absolute atomic E-state index is 0.0703. The lowest BCUT2D eigenvalue weighted by atomic mass is 10.1. The first-order chi connectivity index (χ1) is 8.97. The molecule has 1 fully saturated rings. The zero-order chi connectivity index (χ0) is 14.4. The molecule has 0 aromatic carbocycles. The highest BCUT2D eigenvalue weighted by Gasteiger charge is 2.34. The Morgan fingerprint density at radius 3 is 2.74 bits per heavy atom. The van der Waals surface area contributed by atoms with Crippen molar-refractivity contribution in [2.24, 2.45) is 0 Å². The van der Waals surface area contributed by atoms with Crippen molar-refractivity contribution in [3.63, 3.8) is 0 Å². The maximum absolute atomic E-state index is 12.1. The van der Waals surface area contributed by atoms with Gasteiger partial charge < -0.3 is 10.4 Å². The van der Waals surface area contributed by atoms with Gasteiger partial charge in [0, 0.05) is 24.1 Å². The van der Waals surface area contributed by atoms with Crippen molar-refractivity contribution in [3.8, 4) is 0 Å². The number of hydrogen-bond donors (Lipinski definition) is 2. The lowest BCUT2D eigenvalue weighted by Crippen LogP contribution is -2.56. The van der Waals surface area contributed by atoms with Crippen LogP contribution in [0.1, 0.15) is 33.6 Å². The van der Waals surface area contributed by atoms with E-state index in [4.69, 9.17) is 0 Å². The molecule has 3 atom stereocenters. The van der Waals surface area contributed by atoms with Gasteiger partial charge in [-0.25, -0.2) is 0 Å². The van der Waals surface area contributed by atoms with Gasteiger partial charge in [0.05, 0.1) is 6.04 Å². The van der Waals surface area contributed by atoms with E-state index in [1.165, 1.54) is 0 Å². The monoisotopic (exact) mass is 288 g/mol. The fourth-order valence-electron chi connectivity index (χ4n) is 2.31. The molecule has 110 valence electrons. The highest BCUT2D eigenvalue weighted by Crippen LogP contribution is 2.19. The largest absolute Gasteiger partial charge is 0.480 e. The number of nitrogens with zero attached hydrogens (tertiary/aromatic N) is 1. The summed E-state index contributed by atoms with van der Waals surface area (Å²) in [6.07, 6.45) is 1.96. The second kappa shape index (κ2) is 7.75. The van der Waals surface area contributed by atoms with Crippen LogP contribution in [0, 0.1) is 0 Å². The predicted octanol–water partition coefficient (Wildman–Crippen LogP) is 1.18. The molecule has 6 heteroatoms. The maximum Gasteiger partial charge on any atom is 0.321 e. The molecule has 1 heterocycles. The first-order valence-corrected chi connectivity index (χ1v) is 7.99. The fraction of sp³-hybridized carbons (Fsp3) is 0.846. The molecule has 0 aromatic heterocycles. The van der Waals surface area contributed by atoms with Gasteiger partial charge in [-0.1, -0.05) is 13.3 Å². The number of amides is 1. The Hall–Kier alpha value is -0.750. The number of carboxylic acid groups (broad SMARTS) is 1.